The number of hydrogen-bond acceptors (Lipinski definition) is 3. The van der Waals surface area contributed by atoms with Gasteiger partial charge in [-0.2, -0.15) is 0 Å². The van der Waals surface area contributed by atoms with Crippen molar-refractivity contribution in [2.75, 3.05) is 9.80 Å². The number of carbonyl (C=O) groups excluding carboxylic acids is 2. The van der Waals surface area contributed by atoms with Crippen LogP contribution in [-0.4, -0.2) is 23.9 Å². The fourth-order valence-corrected chi connectivity index (χ4v) is 2.86. The molecule has 2 N–H and O–H groups in total. The molecule has 5 nitrogen and oxygen atoms in total. The molecule has 3 rings (SSSR count). The average Bonchev–Trinajstić information content (AvgIpc) is 2.63. The van der Waals surface area contributed by atoms with Crippen molar-refractivity contribution in [3.63, 3.8) is 0 Å². The molecule has 1 atom stereocenters. The summed E-state index contributed by atoms with van der Waals surface area (Å²) in [5, 5.41) is 0. The van der Waals surface area contributed by atoms with Gasteiger partial charge in [-0.05, 0) is 38.1 Å². The van der Waals surface area contributed by atoms with Gasteiger partial charge in [0.25, 0.3) is 11.8 Å². The highest BCUT2D eigenvalue weighted by Crippen LogP contribution is 2.38. The Kier molecular flexibility index (Phi) is 3.88. The van der Waals surface area contributed by atoms with Crippen molar-refractivity contribution < 1.29 is 9.59 Å². The number of anilines is 3. The maximum absolute atomic E-state index is 12.8. The topological polar surface area (TPSA) is 66.6 Å². The minimum atomic E-state index is -1.22. The summed E-state index contributed by atoms with van der Waals surface area (Å²) in [6.45, 7) is 3.81. The monoisotopic (exact) mass is 309 g/mol. The molecule has 2 aromatic carbocycles. The number of benzene rings is 2. The quantitative estimate of drug-likeness (QED) is 0.866. The highest BCUT2D eigenvalue weighted by atomic mass is 16.2. The molecule has 118 valence electrons. The molecule has 0 aliphatic carbocycles. The minimum absolute atomic E-state index is 0.0989. The standard InChI is InChI=1S/C18H19N3O2/c1-12(2)20-14-10-6-7-11-15(14)21(13-8-4-3-5-9-13)18(23)16(19)17(20)22/h3-12,16H,19H2,1-2H3. The molecule has 23 heavy (non-hydrogen) atoms. The van der Waals surface area contributed by atoms with Crippen LogP contribution >= 0.6 is 0 Å². The van der Waals surface area contributed by atoms with Gasteiger partial charge in [-0.25, -0.2) is 0 Å². The second-order valence-corrected chi connectivity index (χ2v) is 5.78. The molecule has 2 amide bonds. The first-order valence-electron chi connectivity index (χ1n) is 7.59. The highest BCUT2D eigenvalue weighted by molar-refractivity contribution is 6.22. The number of carbonyl (C=O) groups is 2. The zero-order valence-corrected chi connectivity index (χ0v) is 13.1. The van der Waals surface area contributed by atoms with Gasteiger partial charge in [-0.15, -0.1) is 0 Å². The number of rotatable bonds is 2. The summed E-state index contributed by atoms with van der Waals surface area (Å²) < 4.78 is 0. The largest absolute Gasteiger partial charge is 0.312 e. The van der Waals surface area contributed by atoms with Crippen LogP contribution in [0.25, 0.3) is 0 Å². The number of hydrogen-bond donors (Lipinski definition) is 1. The van der Waals surface area contributed by atoms with Gasteiger partial charge in [-0.3, -0.25) is 14.5 Å². The van der Waals surface area contributed by atoms with E-state index >= 15 is 0 Å². The summed E-state index contributed by atoms with van der Waals surface area (Å²) in [6.07, 6.45) is 0. The van der Waals surface area contributed by atoms with E-state index in [1.165, 1.54) is 4.90 Å². The first-order valence-corrected chi connectivity index (χ1v) is 7.59. The van der Waals surface area contributed by atoms with E-state index in [2.05, 4.69) is 0 Å². The smallest absolute Gasteiger partial charge is 0.258 e. The molecule has 0 fully saturated rings. The third kappa shape index (κ3) is 2.49. The number of para-hydroxylation sites is 3. The predicted molar refractivity (Wildman–Crippen MR) is 90.6 cm³/mol. The van der Waals surface area contributed by atoms with Crippen LogP contribution in [0.1, 0.15) is 13.8 Å². The first kappa shape index (κ1) is 15.2. The lowest BCUT2D eigenvalue weighted by atomic mass is 10.2. The van der Waals surface area contributed by atoms with Gasteiger partial charge in [0.1, 0.15) is 0 Å². The molecule has 2 aromatic rings. The summed E-state index contributed by atoms with van der Waals surface area (Å²) in [5.41, 5.74) is 8.03. The summed E-state index contributed by atoms with van der Waals surface area (Å²) in [4.78, 5) is 28.7. The number of fused-ring (bicyclic) bond motifs is 1. The minimum Gasteiger partial charge on any atom is -0.312 e. The number of nitrogens with two attached hydrogens (primary N) is 1. The van der Waals surface area contributed by atoms with E-state index in [0.717, 1.165) is 0 Å². The van der Waals surface area contributed by atoms with Gasteiger partial charge >= 0.3 is 0 Å². The first-order chi connectivity index (χ1) is 11.0. The Morgan fingerprint density at radius 1 is 0.870 bits per heavy atom. The Hall–Kier alpha value is -2.66. The molecule has 0 bridgehead atoms. The molecule has 0 saturated carbocycles. The predicted octanol–water partition coefficient (Wildman–Crippen LogP) is 2.43. The Morgan fingerprint density at radius 3 is 2.04 bits per heavy atom. The van der Waals surface area contributed by atoms with Crippen LogP contribution in [0.3, 0.4) is 0 Å². The van der Waals surface area contributed by atoms with E-state index < -0.39 is 11.9 Å². The van der Waals surface area contributed by atoms with Crippen LogP contribution in [0, 0.1) is 0 Å². The van der Waals surface area contributed by atoms with E-state index in [4.69, 9.17) is 5.73 Å². The summed E-state index contributed by atoms with van der Waals surface area (Å²) in [7, 11) is 0. The molecular weight excluding hydrogens is 290 g/mol. The molecule has 0 spiro atoms. The Balaban J connectivity index is 2.26. The van der Waals surface area contributed by atoms with E-state index in [1.807, 2.05) is 68.4 Å². The molecule has 1 aliphatic heterocycles. The van der Waals surface area contributed by atoms with Gasteiger partial charge in [0.2, 0.25) is 0 Å². The average molecular weight is 309 g/mol. The van der Waals surface area contributed by atoms with Crippen molar-refractivity contribution in [2.45, 2.75) is 25.9 Å². The van der Waals surface area contributed by atoms with Crippen LogP contribution in [0.4, 0.5) is 17.1 Å². The van der Waals surface area contributed by atoms with Crippen molar-refractivity contribution in [1.82, 2.24) is 0 Å². The van der Waals surface area contributed by atoms with Gasteiger partial charge in [0, 0.05) is 11.7 Å². The lowest BCUT2D eigenvalue weighted by Gasteiger charge is -2.28. The molecule has 1 aliphatic rings. The Labute approximate surface area is 135 Å². The lowest BCUT2D eigenvalue weighted by molar-refractivity contribution is -0.127. The van der Waals surface area contributed by atoms with Gasteiger partial charge in [0.15, 0.2) is 6.04 Å². The van der Waals surface area contributed by atoms with E-state index in [0.29, 0.717) is 17.1 Å². The molecular formula is C18H19N3O2. The maximum Gasteiger partial charge on any atom is 0.258 e. The zero-order valence-electron chi connectivity index (χ0n) is 13.1. The van der Waals surface area contributed by atoms with Crippen molar-refractivity contribution >= 4 is 28.9 Å². The third-order valence-electron chi connectivity index (χ3n) is 3.90. The molecule has 0 aromatic heterocycles. The van der Waals surface area contributed by atoms with Crippen LogP contribution in [0.5, 0.6) is 0 Å². The Bertz CT molecular complexity index is 743. The zero-order chi connectivity index (χ0) is 16.6. The maximum atomic E-state index is 12.8. The van der Waals surface area contributed by atoms with Crippen LogP contribution < -0.4 is 15.5 Å². The summed E-state index contributed by atoms with van der Waals surface area (Å²) >= 11 is 0. The Morgan fingerprint density at radius 2 is 1.43 bits per heavy atom. The van der Waals surface area contributed by atoms with Gasteiger partial charge < -0.3 is 10.6 Å². The summed E-state index contributed by atoms with van der Waals surface area (Å²) in [5.74, 6) is -0.798. The molecule has 1 unspecified atom stereocenters. The van der Waals surface area contributed by atoms with Crippen molar-refractivity contribution in [2.24, 2.45) is 5.73 Å². The fraction of sp³-hybridized carbons (Fsp3) is 0.222. The SMILES string of the molecule is CC(C)N1C(=O)C(N)C(=O)N(c2ccccc2)c2ccccc21. The van der Waals surface area contributed by atoms with E-state index in [1.54, 1.807) is 4.90 Å². The second kappa shape index (κ2) is 5.85. The summed E-state index contributed by atoms with van der Waals surface area (Å²) in [6, 6.07) is 15.3. The van der Waals surface area contributed by atoms with Crippen molar-refractivity contribution in [3.8, 4) is 0 Å². The van der Waals surface area contributed by atoms with Crippen LogP contribution in [0.15, 0.2) is 54.6 Å². The fourth-order valence-electron chi connectivity index (χ4n) is 2.86. The number of amides is 2. The van der Waals surface area contributed by atoms with E-state index in [-0.39, 0.29) is 11.9 Å². The third-order valence-corrected chi connectivity index (χ3v) is 3.90. The molecule has 0 radical (unpaired) electrons. The number of nitrogens with zero attached hydrogens (tertiary/aromatic N) is 2. The highest BCUT2D eigenvalue weighted by Gasteiger charge is 2.39. The van der Waals surface area contributed by atoms with Gasteiger partial charge in [0.05, 0.1) is 11.4 Å². The normalized spacial score (nSPS) is 18.2. The van der Waals surface area contributed by atoms with Gasteiger partial charge in [-0.1, -0.05) is 30.3 Å². The molecule has 1 heterocycles. The van der Waals surface area contributed by atoms with E-state index in [9.17, 15) is 9.59 Å². The molecule has 5 heteroatoms. The van der Waals surface area contributed by atoms with Crippen LogP contribution in [0.2, 0.25) is 0 Å². The van der Waals surface area contributed by atoms with Crippen LogP contribution in [-0.2, 0) is 9.59 Å². The second-order valence-electron chi connectivity index (χ2n) is 5.78. The van der Waals surface area contributed by atoms with Crippen molar-refractivity contribution in [3.05, 3.63) is 54.6 Å². The lowest BCUT2D eigenvalue weighted by Crippen LogP contribution is -2.52. The molecule has 0 saturated heterocycles. The van der Waals surface area contributed by atoms with Crippen molar-refractivity contribution in [1.29, 1.82) is 0 Å².